The minimum absolute atomic E-state index is 0.0406. The van der Waals surface area contributed by atoms with E-state index in [0.717, 1.165) is 18.4 Å². The zero-order valence-corrected chi connectivity index (χ0v) is 10.1. The molecule has 0 saturated heterocycles. The number of benzene rings is 1. The summed E-state index contributed by atoms with van der Waals surface area (Å²) in [5.41, 5.74) is 7.68. The summed E-state index contributed by atoms with van der Waals surface area (Å²) in [5.74, 6) is -0.235. The molecule has 1 heterocycles. The number of rotatable bonds is 1. The zero-order chi connectivity index (χ0) is 12.8. The molecule has 2 N–H and O–H groups in total. The number of fused-ring (bicyclic) bond motifs is 1. The van der Waals surface area contributed by atoms with Gasteiger partial charge in [0.05, 0.1) is 5.92 Å². The lowest BCUT2D eigenvalue weighted by molar-refractivity contribution is -0.119. The molecule has 3 rings (SSSR count). The van der Waals surface area contributed by atoms with E-state index in [1.54, 1.807) is 12.4 Å². The Balaban J connectivity index is 0.000000169. The third-order valence-electron chi connectivity index (χ3n) is 3.04. The highest BCUT2D eigenvalue weighted by Crippen LogP contribution is 2.32. The van der Waals surface area contributed by atoms with Crippen LogP contribution in [0.3, 0.4) is 0 Å². The third-order valence-corrected chi connectivity index (χ3v) is 3.04. The molecule has 3 heteroatoms. The SMILES string of the molecule is NC(=O)C1CCc2ccccc21.c1ccncc1. The molecule has 1 aliphatic rings. The Morgan fingerprint density at radius 3 is 2.39 bits per heavy atom. The number of nitrogens with zero attached hydrogens (tertiary/aromatic N) is 1. The molecule has 1 aromatic heterocycles. The number of carbonyl (C=O) groups excluding carboxylic acids is 1. The van der Waals surface area contributed by atoms with Crippen molar-refractivity contribution in [3.05, 3.63) is 66.0 Å². The monoisotopic (exact) mass is 240 g/mol. The van der Waals surface area contributed by atoms with Gasteiger partial charge in [-0.3, -0.25) is 9.78 Å². The van der Waals surface area contributed by atoms with E-state index in [2.05, 4.69) is 11.1 Å². The van der Waals surface area contributed by atoms with Gasteiger partial charge in [0.25, 0.3) is 0 Å². The zero-order valence-electron chi connectivity index (χ0n) is 10.1. The summed E-state index contributed by atoms with van der Waals surface area (Å²) in [6.45, 7) is 0. The van der Waals surface area contributed by atoms with Crippen LogP contribution < -0.4 is 5.73 Å². The van der Waals surface area contributed by atoms with Crippen LogP contribution in [0.5, 0.6) is 0 Å². The quantitative estimate of drug-likeness (QED) is 0.831. The van der Waals surface area contributed by atoms with E-state index >= 15 is 0 Å². The first-order chi connectivity index (χ1) is 8.79. The van der Waals surface area contributed by atoms with Gasteiger partial charge in [-0.05, 0) is 36.1 Å². The van der Waals surface area contributed by atoms with Gasteiger partial charge in [-0.25, -0.2) is 0 Å². The molecule has 0 saturated carbocycles. The molecule has 2 aromatic rings. The van der Waals surface area contributed by atoms with Crippen molar-refractivity contribution in [1.29, 1.82) is 0 Å². The van der Waals surface area contributed by atoms with Gasteiger partial charge in [-0.2, -0.15) is 0 Å². The maximum absolute atomic E-state index is 11.0. The summed E-state index contributed by atoms with van der Waals surface area (Å²) in [4.78, 5) is 14.8. The summed E-state index contributed by atoms with van der Waals surface area (Å²) in [6, 6.07) is 13.7. The molecular formula is C15H16N2O. The standard InChI is InChI=1S/C10H11NO.C5H5N/c11-10(12)9-6-5-7-3-1-2-4-8(7)9;1-2-4-6-5-3-1/h1-4,9H,5-6H2,(H2,11,12);1-5H. The number of hydrogen-bond donors (Lipinski definition) is 1. The van der Waals surface area contributed by atoms with E-state index in [4.69, 9.17) is 5.73 Å². The molecule has 1 atom stereocenters. The van der Waals surface area contributed by atoms with Crippen LogP contribution in [0.15, 0.2) is 54.9 Å². The first kappa shape index (κ1) is 12.3. The Morgan fingerprint density at radius 2 is 1.83 bits per heavy atom. The van der Waals surface area contributed by atoms with Crippen LogP contribution in [-0.2, 0) is 11.2 Å². The van der Waals surface area contributed by atoms with Gasteiger partial charge in [-0.1, -0.05) is 30.3 Å². The number of hydrogen-bond acceptors (Lipinski definition) is 2. The number of nitrogens with two attached hydrogens (primary N) is 1. The molecule has 18 heavy (non-hydrogen) atoms. The van der Waals surface area contributed by atoms with E-state index in [1.165, 1.54) is 5.56 Å². The Labute approximate surface area is 107 Å². The van der Waals surface area contributed by atoms with Crippen molar-refractivity contribution in [1.82, 2.24) is 4.98 Å². The number of pyridine rings is 1. The topological polar surface area (TPSA) is 56.0 Å². The predicted molar refractivity (Wildman–Crippen MR) is 70.9 cm³/mol. The second-order valence-electron chi connectivity index (χ2n) is 4.22. The third kappa shape index (κ3) is 2.94. The first-order valence-electron chi connectivity index (χ1n) is 6.01. The molecule has 3 nitrogen and oxygen atoms in total. The van der Waals surface area contributed by atoms with Crippen LogP contribution in [0.2, 0.25) is 0 Å². The predicted octanol–water partition coefficient (Wildman–Crippen LogP) is 2.28. The Kier molecular flexibility index (Phi) is 4.07. The van der Waals surface area contributed by atoms with E-state index in [1.807, 2.05) is 36.4 Å². The van der Waals surface area contributed by atoms with E-state index in [-0.39, 0.29) is 11.8 Å². The normalized spacial score (nSPS) is 16.3. The molecule has 1 aliphatic carbocycles. The molecule has 92 valence electrons. The van der Waals surface area contributed by atoms with Crippen LogP contribution in [-0.4, -0.2) is 10.9 Å². The molecule has 0 aliphatic heterocycles. The van der Waals surface area contributed by atoms with Crippen LogP contribution in [0.25, 0.3) is 0 Å². The second kappa shape index (κ2) is 5.96. The maximum Gasteiger partial charge on any atom is 0.224 e. The first-order valence-corrected chi connectivity index (χ1v) is 6.01. The van der Waals surface area contributed by atoms with E-state index in [9.17, 15) is 4.79 Å². The lowest BCUT2D eigenvalue weighted by atomic mass is 10.0. The fourth-order valence-corrected chi connectivity index (χ4v) is 2.17. The van der Waals surface area contributed by atoms with Crippen LogP contribution >= 0.6 is 0 Å². The van der Waals surface area contributed by atoms with Gasteiger partial charge < -0.3 is 5.73 Å². The van der Waals surface area contributed by atoms with Crippen molar-refractivity contribution in [2.24, 2.45) is 5.73 Å². The highest BCUT2D eigenvalue weighted by molar-refractivity contribution is 5.83. The molecule has 0 fully saturated rings. The maximum atomic E-state index is 11.0. The molecular weight excluding hydrogens is 224 g/mol. The van der Waals surface area contributed by atoms with Crippen LogP contribution in [0, 0.1) is 0 Å². The summed E-state index contributed by atoms with van der Waals surface area (Å²) >= 11 is 0. The van der Waals surface area contributed by atoms with Gasteiger partial charge in [0.1, 0.15) is 0 Å². The van der Waals surface area contributed by atoms with Gasteiger partial charge >= 0.3 is 0 Å². The van der Waals surface area contributed by atoms with Crippen molar-refractivity contribution < 1.29 is 4.79 Å². The van der Waals surface area contributed by atoms with E-state index in [0.29, 0.717) is 0 Å². The minimum Gasteiger partial charge on any atom is -0.369 e. The highest BCUT2D eigenvalue weighted by atomic mass is 16.1. The average molecular weight is 240 g/mol. The van der Waals surface area contributed by atoms with Crippen LogP contribution in [0.1, 0.15) is 23.5 Å². The van der Waals surface area contributed by atoms with Crippen molar-refractivity contribution in [3.63, 3.8) is 0 Å². The number of aromatic nitrogens is 1. The molecule has 0 radical (unpaired) electrons. The van der Waals surface area contributed by atoms with Crippen LogP contribution in [0.4, 0.5) is 0 Å². The Hall–Kier alpha value is -2.16. The second-order valence-corrected chi connectivity index (χ2v) is 4.22. The minimum atomic E-state index is -0.194. The van der Waals surface area contributed by atoms with Crippen molar-refractivity contribution in [3.8, 4) is 0 Å². The molecule has 0 spiro atoms. The largest absolute Gasteiger partial charge is 0.369 e. The van der Waals surface area contributed by atoms with Crippen molar-refractivity contribution in [2.75, 3.05) is 0 Å². The molecule has 1 unspecified atom stereocenters. The average Bonchev–Trinajstić information content (AvgIpc) is 2.85. The highest BCUT2D eigenvalue weighted by Gasteiger charge is 2.25. The Bertz CT molecular complexity index is 484. The van der Waals surface area contributed by atoms with Crippen molar-refractivity contribution >= 4 is 5.91 Å². The summed E-state index contributed by atoms with van der Waals surface area (Å²) in [6.07, 6.45) is 5.37. The van der Waals surface area contributed by atoms with Gasteiger partial charge in [0.15, 0.2) is 0 Å². The molecule has 1 amide bonds. The van der Waals surface area contributed by atoms with Gasteiger partial charge in [-0.15, -0.1) is 0 Å². The fourth-order valence-electron chi connectivity index (χ4n) is 2.17. The smallest absolute Gasteiger partial charge is 0.224 e. The number of carbonyl (C=O) groups is 1. The summed E-state index contributed by atoms with van der Waals surface area (Å²) < 4.78 is 0. The lowest BCUT2D eigenvalue weighted by Gasteiger charge is -2.05. The lowest BCUT2D eigenvalue weighted by Crippen LogP contribution is -2.19. The molecule has 0 bridgehead atoms. The fraction of sp³-hybridized carbons (Fsp3) is 0.200. The molecule has 1 aromatic carbocycles. The summed E-state index contributed by atoms with van der Waals surface area (Å²) in [5, 5.41) is 0. The van der Waals surface area contributed by atoms with Gasteiger partial charge in [0, 0.05) is 12.4 Å². The number of amides is 1. The Morgan fingerprint density at radius 1 is 1.11 bits per heavy atom. The number of aryl methyl sites for hydroxylation is 1. The summed E-state index contributed by atoms with van der Waals surface area (Å²) in [7, 11) is 0. The van der Waals surface area contributed by atoms with Gasteiger partial charge in [0.2, 0.25) is 5.91 Å². The van der Waals surface area contributed by atoms with E-state index < -0.39 is 0 Å². The number of primary amides is 1. The van der Waals surface area contributed by atoms with Crippen molar-refractivity contribution in [2.45, 2.75) is 18.8 Å².